The van der Waals surface area contributed by atoms with Crippen molar-refractivity contribution in [3.8, 4) is 0 Å². The number of benzene rings is 1. The van der Waals surface area contributed by atoms with Crippen molar-refractivity contribution in [3.63, 3.8) is 0 Å². The summed E-state index contributed by atoms with van der Waals surface area (Å²) in [5.74, 6) is 0. The second kappa shape index (κ2) is 8.92. The molecule has 3 heteroatoms. The van der Waals surface area contributed by atoms with E-state index in [1.165, 1.54) is 16.4 Å². The van der Waals surface area contributed by atoms with E-state index in [-0.39, 0.29) is 59.1 Å². The first-order chi connectivity index (χ1) is 5.29. The third-order valence-electron chi connectivity index (χ3n) is 1.96. The molecule has 0 aliphatic heterocycles. The molecule has 60 valence electrons. The van der Waals surface area contributed by atoms with E-state index in [1.807, 2.05) is 0 Å². The van der Waals surface area contributed by atoms with Crippen LogP contribution < -0.4 is 64.4 Å². The Kier molecular flexibility index (Phi) is 11.7. The van der Waals surface area contributed by atoms with Crippen molar-refractivity contribution < 1.29 is 59.1 Å². The van der Waals surface area contributed by atoms with Gasteiger partial charge in [-0.15, -0.1) is 11.1 Å². The molecule has 0 aromatic heterocycles. The third-order valence-corrected chi connectivity index (χ3v) is 2.54. The van der Waals surface area contributed by atoms with Gasteiger partial charge in [-0.05, 0) is 12.8 Å². The summed E-state index contributed by atoms with van der Waals surface area (Å²) >= 11 is 0. The summed E-state index contributed by atoms with van der Waals surface area (Å²) < 4.78 is 0. The van der Waals surface area contributed by atoms with E-state index in [1.54, 1.807) is 0 Å². The second-order valence-electron chi connectivity index (χ2n) is 2.63. The van der Waals surface area contributed by atoms with Gasteiger partial charge in [0.05, 0.1) is 0 Å². The summed E-state index contributed by atoms with van der Waals surface area (Å²) in [5.41, 5.74) is 2.71. The van der Waals surface area contributed by atoms with Crippen LogP contribution in [0.15, 0.2) is 18.2 Å². The Morgan fingerprint density at radius 1 is 1.00 bits per heavy atom. The van der Waals surface area contributed by atoms with Gasteiger partial charge in [0.15, 0.2) is 0 Å². The Hall–Kier alpha value is 1.65. The Bertz CT molecular complexity index is 226. The Labute approximate surface area is 128 Å². The largest absolute Gasteiger partial charge is 1.45 e. The quantitative estimate of drug-likeness (QED) is 0.357. The van der Waals surface area contributed by atoms with Crippen molar-refractivity contribution in [2.75, 3.05) is 0 Å². The monoisotopic (exact) mass is 210 g/mol. The normalized spacial score (nSPS) is 8.54. The van der Waals surface area contributed by atoms with Crippen LogP contribution in [0.3, 0.4) is 0 Å². The standard InChI is InChI=1S/C10H13P.2Na/c1-3-8-6-5-7-9(4-2)10(8)11;;/h5-7H,3-4H2,1-2H3;;/q-2;2*+1. The molecule has 1 rings (SSSR count). The van der Waals surface area contributed by atoms with Crippen LogP contribution in [-0.2, 0) is 12.8 Å². The number of hydrogen-bond acceptors (Lipinski definition) is 0. The van der Waals surface area contributed by atoms with E-state index in [0.29, 0.717) is 0 Å². The molecule has 0 atom stereocenters. The molecular formula is C10H13Na2P. The fourth-order valence-electron chi connectivity index (χ4n) is 1.22. The van der Waals surface area contributed by atoms with E-state index in [0.717, 1.165) is 12.8 Å². The van der Waals surface area contributed by atoms with Gasteiger partial charge < -0.3 is 14.5 Å². The minimum Gasteiger partial charge on any atom is -1.45 e. The van der Waals surface area contributed by atoms with Crippen LogP contribution in [0.5, 0.6) is 0 Å². The molecule has 0 fully saturated rings. The summed E-state index contributed by atoms with van der Waals surface area (Å²) in [4.78, 5) is 0. The molecule has 0 saturated heterocycles. The maximum absolute atomic E-state index is 4.47. The van der Waals surface area contributed by atoms with Gasteiger partial charge in [-0.2, -0.15) is 0 Å². The van der Waals surface area contributed by atoms with Crippen LogP contribution in [0, 0.1) is 0 Å². The van der Waals surface area contributed by atoms with Crippen LogP contribution >= 0.6 is 9.24 Å². The van der Waals surface area contributed by atoms with Gasteiger partial charge in [0, 0.05) is 0 Å². The molecule has 0 nitrogen and oxygen atoms in total. The third kappa shape index (κ3) is 4.80. The molecule has 0 aliphatic carbocycles. The summed E-state index contributed by atoms with van der Waals surface area (Å²) in [5, 5.41) is 1.18. The maximum atomic E-state index is 4.47. The van der Waals surface area contributed by atoms with E-state index in [4.69, 9.17) is 0 Å². The van der Waals surface area contributed by atoms with Gasteiger partial charge in [0.1, 0.15) is 0 Å². The van der Waals surface area contributed by atoms with Crippen molar-refractivity contribution in [1.82, 2.24) is 0 Å². The average Bonchev–Trinajstić information content (AvgIpc) is 2.05. The molecule has 0 unspecified atom stereocenters. The molecule has 0 bridgehead atoms. The minimum atomic E-state index is 0. The molecule has 1 aromatic carbocycles. The average molecular weight is 210 g/mol. The van der Waals surface area contributed by atoms with Gasteiger partial charge in [0.2, 0.25) is 0 Å². The predicted molar refractivity (Wildman–Crippen MR) is 51.8 cm³/mol. The summed E-state index contributed by atoms with van der Waals surface area (Å²) in [6.45, 7) is 4.32. The summed E-state index contributed by atoms with van der Waals surface area (Å²) in [6, 6.07) is 6.39. The molecule has 13 heavy (non-hydrogen) atoms. The second-order valence-corrected chi connectivity index (χ2v) is 3.08. The molecular weight excluding hydrogens is 197 g/mol. The Morgan fingerprint density at radius 2 is 1.38 bits per heavy atom. The van der Waals surface area contributed by atoms with Crippen molar-refractivity contribution in [2.45, 2.75) is 26.7 Å². The summed E-state index contributed by atoms with van der Waals surface area (Å²) in [7, 11) is 4.47. The first-order valence-electron chi connectivity index (χ1n) is 4.09. The van der Waals surface area contributed by atoms with Gasteiger partial charge in [-0.25, -0.2) is 0 Å². The van der Waals surface area contributed by atoms with E-state index < -0.39 is 0 Å². The van der Waals surface area contributed by atoms with Crippen molar-refractivity contribution in [1.29, 1.82) is 0 Å². The molecule has 0 saturated carbocycles. The number of aryl methyl sites for hydroxylation is 2. The fraction of sp³-hybridized carbons (Fsp3) is 0.400. The molecule has 0 aliphatic rings. The predicted octanol–water partition coefficient (Wildman–Crippen LogP) is -3.14. The van der Waals surface area contributed by atoms with Gasteiger partial charge >= 0.3 is 59.1 Å². The number of hydrogen-bond donors (Lipinski definition) is 0. The van der Waals surface area contributed by atoms with Gasteiger partial charge in [-0.1, -0.05) is 32.0 Å². The molecule has 0 amide bonds. The van der Waals surface area contributed by atoms with Gasteiger partial charge in [0.25, 0.3) is 0 Å². The zero-order valence-corrected chi connectivity index (χ0v) is 14.0. The first-order valence-corrected chi connectivity index (χ1v) is 4.54. The van der Waals surface area contributed by atoms with Gasteiger partial charge in [-0.3, -0.25) is 0 Å². The maximum Gasteiger partial charge on any atom is 1.00 e. The molecule has 0 radical (unpaired) electrons. The van der Waals surface area contributed by atoms with Crippen LogP contribution in [0.25, 0.3) is 0 Å². The molecule has 1 aromatic rings. The first kappa shape index (κ1) is 17.1. The zero-order valence-electron chi connectivity index (χ0n) is 9.09. The van der Waals surface area contributed by atoms with Crippen LogP contribution in [0.4, 0.5) is 0 Å². The Balaban J connectivity index is 0. The minimum absolute atomic E-state index is 0. The smallest absolute Gasteiger partial charge is 1.00 e. The SMILES string of the molecule is CCc1cccc(CC)c1[P-2].[Na+].[Na+]. The van der Waals surface area contributed by atoms with Crippen molar-refractivity contribution in [2.24, 2.45) is 0 Å². The molecule has 0 spiro atoms. The molecule has 0 heterocycles. The van der Waals surface area contributed by atoms with E-state index >= 15 is 0 Å². The number of rotatable bonds is 2. The fourth-order valence-corrected chi connectivity index (χ4v) is 1.68. The molecule has 0 N–H and O–H groups in total. The topological polar surface area (TPSA) is 0 Å². The van der Waals surface area contributed by atoms with Crippen molar-refractivity contribution in [3.05, 3.63) is 29.3 Å². The van der Waals surface area contributed by atoms with E-state index in [9.17, 15) is 0 Å². The summed E-state index contributed by atoms with van der Waals surface area (Å²) in [6.07, 6.45) is 2.15. The zero-order chi connectivity index (χ0) is 8.27. The van der Waals surface area contributed by atoms with Crippen LogP contribution in [0.2, 0.25) is 0 Å². The van der Waals surface area contributed by atoms with Crippen LogP contribution in [-0.4, -0.2) is 0 Å². The van der Waals surface area contributed by atoms with Crippen molar-refractivity contribution >= 4 is 14.5 Å². The van der Waals surface area contributed by atoms with Crippen LogP contribution in [0.1, 0.15) is 25.0 Å². The Morgan fingerprint density at radius 3 is 1.69 bits per heavy atom. The van der Waals surface area contributed by atoms with E-state index in [2.05, 4.69) is 41.3 Å².